The third-order valence-electron chi connectivity index (χ3n) is 6.39. The molecule has 2 aromatic rings. The Balaban J connectivity index is 1.62. The van der Waals surface area contributed by atoms with Gasteiger partial charge in [0.05, 0.1) is 13.1 Å². The summed E-state index contributed by atoms with van der Waals surface area (Å²) in [6.07, 6.45) is -0.310. The number of benzene rings is 2. The maximum atomic E-state index is 13.6. The van der Waals surface area contributed by atoms with Gasteiger partial charge in [0, 0.05) is 26.6 Å². The van der Waals surface area contributed by atoms with Gasteiger partial charge in [0.15, 0.2) is 0 Å². The number of hydrogen-bond acceptors (Lipinski definition) is 5. The number of likely N-dealkylation sites (N-methyl/N-ethyl adjacent to an activating group) is 1. The fourth-order valence-electron chi connectivity index (χ4n) is 4.82. The summed E-state index contributed by atoms with van der Waals surface area (Å²) in [4.78, 5) is 43.5. The van der Waals surface area contributed by atoms with Gasteiger partial charge in [0.2, 0.25) is 11.8 Å². The van der Waals surface area contributed by atoms with Gasteiger partial charge in [0.25, 0.3) is 0 Å². The van der Waals surface area contributed by atoms with Crippen molar-refractivity contribution in [2.45, 2.75) is 39.0 Å². The van der Waals surface area contributed by atoms with Crippen LogP contribution in [0.4, 0.5) is 4.79 Å². The summed E-state index contributed by atoms with van der Waals surface area (Å²) in [7, 11) is 1.72. The topological polar surface area (TPSA) is 96.4 Å². The molecule has 2 fully saturated rings. The maximum absolute atomic E-state index is 13.6. The van der Waals surface area contributed by atoms with Crippen molar-refractivity contribution in [1.29, 1.82) is 0 Å². The number of aromatic hydroxyl groups is 1. The predicted molar refractivity (Wildman–Crippen MR) is 131 cm³/mol. The molecule has 2 heterocycles. The minimum Gasteiger partial charge on any atom is -0.508 e. The number of nitrogens with zero attached hydrogens (tertiary/aromatic N) is 4. The van der Waals surface area contributed by atoms with Gasteiger partial charge in [-0.05, 0) is 29.2 Å². The van der Waals surface area contributed by atoms with Crippen molar-refractivity contribution >= 4 is 17.8 Å². The second-order valence-electron chi connectivity index (χ2n) is 9.61. The molecule has 0 saturated carbocycles. The molecule has 2 aliphatic heterocycles. The van der Waals surface area contributed by atoms with Gasteiger partial charge in [-0.3, -0.25) is 9.59 Å². The number of amides is 4. The molecular weight excluding hydrogens is 446 g/mol. The Morgan fingerprint density at radius 2 is 1.74 bits per heavy atom. The number of fused-ring (bicyclic) bond motifs is 1. The molecule has 0 aromatic heterocycles. The molecular formula is C26H33N5O4. The number of phenols is 1. The molecule has 35 heavy (non-hydrogen) atoms. The summed E-state index contributed by atoms with van der Waals surface area (Å²) < 4.78 is 0. The van der Waals surface area contributed by atoms with Gasteiger partial charge >= 0.3 is 6.03 Å². The molecule has 0 unspecified atom stereocenters. The van der Waals surface area contributed by atoms with Crippen LogP contribution in [0.2, 0.25) is 0 Å². The van der Waals surface area contributed by atoms with Crippen LogP contribution in [0.5, 0.6) is 5.75 Å². The number of carbonyl (C=O) groups is 3. The highest BCUT2D eigenvalue weighted by atomic mass is 16.3. The van der Waals surface area contributed by atoms with Crippen molar-refractivity contribution in [3.05, 3.63) is 65.7 Å². The second kappa shape index (κ2) is 10.4. The molecule has 2 aliphatic rings. The van der Waals surface area contributed by atoms with Crippen LogP contribution >= 0.6 is 0 Å². The largest absolute Gasteiger partial charge is 0.508 e. The number of rotatable bonds is 6. The standard InChI is InChI=1S/C26H33N5O4/c1-18(2)15-29-16-23-30(22(25(29)34)13-19-9-11-21(32)12-10-19)24(33)17-28(3)31(23)26(35)27-14-20-7-5-4-6-8-20/h4-12,18,22-23,32H,13-17H2,1-3H3,(H,27,35)/t22-,23-/m1/s1. The van der Waals surface area contributed by atoms with Crippen molar-refractivity contribution in [3.8, 4) is 5.75 Å². The third kappa shape index (κ3) is 5.40. The Morgan fingerprint density at radius 1 is 1.06 bits per heavy atom. The number of nitrogens with one attached hydrogen (secondary N) is 1. The Morgan fingerprint density at radius 3 is 2.40 bits per heavy atom. The van der Waals surface area contributed by atoms with E-state index in [1.54, 1.807) is 51.1 Å². The number of urea groups is 1. The SMILES string of the molecule is CC(C)CN1C[C@@H]2N(C(=O)CN(C)N2C(=O)NCc2ccccc2)[C@H](Cc2ccc(O)cc2)C1=O. The summed E-state index contributed by atoms with van der Waals surface area (Å²) in [6.45, 7) is 5.22. The van der Waals surface area contributed by atoms with E-state index in [1.807, 2.05) is 44.2 Å². The molecule has 186 valence electrons. The third-order valence-corrected chi connectivity index (χ3v) is 6.39. The molecule has 4 amide bonds. The zero-order chi connectivity index (χ0) is 25.1. The Labute approximate surface area is 205 Å². The first kappa shape index (κ1) is 24.5. The summed E-state index contributed by atoms with van der Waals surface area (Å²) in [5.74, 6) is 0.0636. The minimum absolute atomic E-state index is 0.00120. The number of piperazine rings is 1. The summed E-state index contributed by atoms with van der Waals surface area (Å²) >= 11 is 0. The summed E-state index contributed by atoms with van der Waals surface area (Å²) in [5.41, 5.74) is 1.80. The van der Waals surface area contributed by atoms with Crippen molar-refractivity contribution < 1.29 is 19.5 Å². The molecule has 2 saturated heterocycles. The molecule has 2 atom stereocenters. The van der Waals surface area contributed by atoms with Crippen molar-refractivity contribution in [2.24, 2.45) is 5.92 Å². The fraction of sp³-hybridized carbons (Fsp3) is 0.423. The van der Waals surface area contributed by atoms with Crippen LogP contribution in [0.1, 0.15) is 25.0 Å². The summed E-state index contributed by atoms with van der Waals surface area (Å²) in [5, 5.41) is 15.8. The number of hydrazine groups is 1. The normalized spacial score (nSPS) is 20.9. The highest BCUT2D eigenvalue weighted by Gasteiger charge is 2.50. The Bertz CT molecular complexity index is 1060. The monoisotopic (exact) mass is 479 g/mol. The molecule has 0 aliphatic carbocycles. The van der Waals surface area contributed by atoms with Crippen LogP contribution < -0.4 is 5.32 Å². The molecule has 2 N–H and O–H groups in total. The van der Waals surface area contributed by atoms with E-state index in [1.165, 1.54) is 0 Å². The maximum Gasteiger partial charge on any atom is 0.334 e. The smallest absolute Gasteiger partial charge is 0.334 e. The van der Waals surface area contributed by atoms with Crippen LogP contribution in [-0.2, 0) is 22.6 Å². The average molecular weight is 480 g/mol. The first-order valence-electron chi connectivity index (χ1n) is 11.9. The molecule has 0 spiro atoms. The van der Waals surface area contributed by atoms with E-state index in [4.69, 9.17) is 0 Å². The lowest BCUT2D eigenvalue weighted by Gasteiger charge is -2.54. The van der Waals surface area contributed by atoms with Gasteiger partial charge in [-0.2, -0.15) is 0 Å². The number of phenolic OH excluding ortho intramolecular Hbond substituents is 1. The van der Waals surface area contributed by atoms with Crippen LogP contribution in [-0.4, -0.2) is 81.7 Å². The van der Waals surface area contributed by atoms with E-state index in [9.17, 15) is 19.5 Å². The van der Waals surface area contributed by atoms with Gasteiger partial charge in [-0.25, -0.2) is 14.8 Å². The van der Waals surface area contributed by atoms with Crippen molar-refractivity contribution in [3.63, 3.8) is 0 Å². The zero-order valence-electron chi connectivity index (χ0n) is 20.4. The zero-order valence-corrected chi connectivity index (χ0v) is 20.4. The van der Waals surface area contributed by atoms with Crippen LogP contribution in [0.25, 0.3) is 0 Å². The molecule has 9 heteroatoms. The van der Waals surface area contributed by atoms with Crippen LogP contribution in [0.15, 0.2) is 54.6 Å². The first-order chi connectivity index (χ1) is 16.7. The first-order valence-corrected chi connectivity index (χ1v) is 11.9. The molecule has 0 bridgehead atoms. The lowest BCUT2D eigenvalue weighted by molar-refractivity contribution is -0.187. The van der Waals surface area contributed by atoms with Gasteiger partial charge in [-0.15, -0.1) is 0 Å². The van der Waals surface area contributed by atoms with Crippen molar-refractivity contribution in [2.75, 3.05) is 26.7 Å². The number of hydrogen-bond donors (Lipinski definition) is 2. The van der Waals surface area contributed by atoms with Gasteiger partial charge in [-0.1, -0.05) is 56.3 Å². The Hall–Kier alpha value is -3.59. The minimum atomic E-state index is -0.734. The molecule has 9 nitrogen and oxygen atoms in total. The fourth-order valence-corrected chi connectivity index (χ4v) is 4.82. The van der Waals surface area contributed by atoms with E-state index in [0.717, 1.165) is 11.1 Å². The van der Waals surface area contributed by atoms with E-state index in [-0.39, 0.29) is 42.6 Å². The molecule has 0 radical (unpaired) electrons. The second-order valence-corrected chi connectivity index (χ2v) is 9.61. The summed E-state index contributed by atoms with van der Waals surface area (Å²) in [6, 6.07) is 15.2. The molecule has 4 rings (SSSR count). The predicted octanol–water partition coefficient (Wildman–Crippen LogP) is 2.03. The van der Waals surface area contributed by atoms with E-state index >= 15 is 0 Å². The average Bonchev–Trinajstić information content (AvgIpc) is 2.82. The highest BCUT2D eigenvalue weighted by Crippen LogP contribution is 2.28. The quantitative estimate of drug-likeness (QED) is 0.661. The molecule has 2 aromatic carbocycles. The highest BCUT2D eigenvalue weighted by molar-refractivity contribution is 5.91. The lowest BCUT2D eigenvalue weighted by atomic mass is 9.98. The number of carbonyl (C=O) groups excluding carboxylic acids is 3. The van der Waals surface area contributed by atoms with Crippen LogP contribution in [0, 0.1) is 5.92 Å². The Kier molecular flexibility index (Phi) is 7.25. The van der Waals surface area contributed by atoms with E-state index < -0.39 is 12.2 Å². The van der Waals surface area contributed by atoms with Crippen LogP contribution in [0.3, 0.4) is 0 Å². The van der Waals surface area contributed by atoms with Crippen molar-refractivity contribution in [1.82, 2.24) is 25.1 Å². The van der Waals surface area contributed by atoms with E-state index in [0.29, 0.717) is 19.5 Å². The van der Waals surface area contributed by atoms with Gasteiger partial charge < -0.3 is 20.2 Å². The van der Waals surface area contributed by atoms with E-state index in [2.05, 4.69) is 5.32 Å². The van der Waals surface area contributed by atoms with Gasteiger partial charge in [0.1, 0.15) is 18.0 Å². The lowest BCUT2D eigenvalue weighted by Crippen LogP contribution is -2.76.